The first kappa shape index (κ1) is 19.5. The van der Waals surface area contributed by atoms with E-state index >= 15 is 0 Å². The van der Waals surface area contributed by atoms with Crippen LogP contribution in [0.1, 0.15) is 34.5 Å². The number of aromatic nitrogens is 2. The molecule has 5 heteroatoms. The molecule has 1 saturated heterocycles. The standard InChI is InChI=1S/C26H24N4S/c1-18-11-12-22(16-19(18)2)30-25(24(28-26(30)31)23-10-6-7-14-27-23)20-13-15-29(17-20)21-8-4-3-5-9-21/h3-17,24-25H,1-2H3,(H,28,31). The molecule has 0 amide bonds. The van der Waals surface area contributed by atoms with E-state index in [0.29, 0.717) is 0 Å². The molecule has 3 heterocycles. The van der Waals surface area contributed by atoms with Crippen LogP contribution in [0.3, 0.4) is 0 Å². The Morgan fingerprint density at radius 1 is 0.871 bits per heavy atom. The van der Waals surface area contributed by atoms with Crippen LogP contribution in [0.2, 0.25) is 0 Å². The van der Waals surface area contributed by atoms with Crippen LogP contribution in [-0.2, 0) is 0 Å². The van der Waals surface area contributed by atoms with Crippen molar-refractivity contribution in [1.29, 1.82) is 0 Å². The second kappa shape index (κ2) is 8.00. The molecule has 5 rings (SSSR count). The van der Waals surface area contributed by atoms with Crippen molar-refractivity contribution in [3.63, 3.8) is 0 Å². The van der Waals surface area contributed by atoms with Crippen LogP contribution in [0.4, 0.5) is 5.69 Å². The molecule has 4 aromatic rings. The fraction of sp³-hybridized carbons (Fsp3) is 0.154. The van der Waals surface area contributed by atoms with Gasteiger partial charge in [0, 0.05) is 30.0 Å². The van der Waals surface area contributed by atoms with Gasteiger partial charge in [-0.15, -0.1) is 0 Å². The van der Waals surface area contributed by atoms with Crippen LogP contribution in [0.5, 0.6) is 0 Å². The first-order valence-electron chi connectivity index (χ1n) is 10.4. The van der Waals surface area contributed by atoms with Crippen molar-refractivity contribution in [1.82, 2.24) is 14.9 Å². The van der Waals surface area contributed by atoms with Gasteiger partial charge in [0.25, 0.3) is 0 Å². The normalized spacial score (nSPS) is 18.3. The zero-order valence-corrected chi connectivity index (χ0v) is 18.4. The second-order valence-corrected chi connectivity index (χ2v) is 8.34. The molecular formula is C26H24N4S. The number of nitrogens with one attached hydrogen (secondary N) is 1. The molecule has 0 saturated carbocycles. The number of hydrogen-bond donors (Lipinski definition) is 1. The zero-order chi connectivity index (χ0) is 21.4. The van der Waals surface area contributed by atoms with Gasteiger partial charge in [-0.3, -0.25) is 4.98 Å². The Balaban J connectivity index is 1.61. The van der Waals surface area contributed by atoms with Gasteiger partial charge in [0.2, 0.25) is 0 Å². The predicted molar refractivity (Wildman–Crippen MR) is 130 cm³/mol. The summed E-state index contributed by atoms with van der Waals surface area (Å²) in [6, 6.07) is 25.1. The molecule has 1 fully saturated rings. The van der Waals surface area contributed by atoms with Crippen molar-refractivity contribution in [2.24, 2.45) is 0 Å². The van der Waals surface area contributed by atoms with Crippen molar-refractivity contribution in [2.75, 3.05) is 4.90 Å². The summed E-state index contributed by atoms with van der Waals surface area (Å²) in [5.41, 5.74) is 6.92. The maximum absolute atomic E-state index is 5.83. The van der Waals surface area contributed by atoms with E-state index in [1.807, 2.05) is 24.4 Å². The summed E-state index contributed by atoms with van der Waals surface area (Å²) in [7, 11) is 0. The van der Waals surface area contributed by atoms with E-state index in [1.165, 1.54) is 16.7 Å². The van der Waals surface area contributed by atoms with Crippen molar-refractivity contribution < 1.29 is 0 Å². The number of anilines is 1. The molecule has 154 valence electrons. The minimum Gasteiger partial charge on any atom is -0.351 e. The van der Waals surface area contributed by atoms with Crippen molar-refractivity contribution in [2.45, 2.75) is 25.9 Å². The molecule has 1 aliphatic heterocycles. The molecule has 0 spiro atoms. The summed E-state index contributed by atoms with van der Waals surface area (Å²) >= 11 is 5.83. The lowest BCUT2D eigenvalue weighted by Gasteiger charge is -2.27. The Kier molecular flexibility index (Phi) is 5.04. The monoisotopic (exact) mass is 424 g/mol. The van der Waals surface area contributed by atoms with Crippen LogP contribution in [0.25, 0.3) is 5.69 Å². The number of hydrogen-bond acceptors (Lipinski definition) is 2. The number of para-hydroxylation sites is 1. The van der Waals surface area contributed by atoms with E-state index in [2.05, 4.69) is 101 Å². The largest absolute Gasteiger partial charge is 0.351 e. The average Bonchev–Trinajstić information content (AvgIpc) is 3.41. The number of benzene rings is 2. The van der Waals surface area contributed by atoms with Gasteiger partial charge < -0.3 is 14.8 Å². The number of thiocarbonyl (C=S) groups is 1. The number of pyridine rings is 1. The van der Waals surface area contributed by atoms with Crippen LogP contribution in [0, 0.1) is 13.8 Å². The fourth-order valence-corrected chi connectivity index (χ4v) is 4.54. The SMILES string of the molecule is Cc1ccc(N2C(=S)NC(c3ccccn3)C2c2ccn(-c3ccccc3)c2)cc1C. The summed E-state index contributed by atoms with van der Waals surface area (Å²) in [5.74, 6) is 0. The molecule has 2 atom stereocenters. The topological polar surface area (TPSA) is 33.1 Å². The molecule has 2 aromatic carbocycles. The lowest BCUT2D eigenvalue weighted by atomic mass is 9.98. The summed E-state index contributed by atoms with van der Waals surface area (Å²) in [6.07, 6.45) is 6.14. The van der Waals surface area contributed by atoms with Gasteiger partial charge >= 0.3 is 0 Å². The summed E-state index contributed by atoms with van der Waals surface area (Å²) in [5, 5.41) is 4.25. The lowest BCUT2D eigenvalue weighted by Crippen LogP contribution is -2.29. The highest BCUT2D eigenvalue weighted by Gasteiger charge is 2.41. The van der Waals surface area contributed by atoms with Gasteiger partial charge in [0.1, 0.15) is 0 Å². The molecule has 2 unspecified atom stereocenters. The third-order valence-corrected chi connectivity index (χ3v) is 6.29. The summed E-state index contributed by atoms with van der Waals surface area (Å²) in [4.78, 5) is 6.87. The predicted octanol–water partition coefficient (Wildman–Crippen LogP) is 5.67. The van der Waals surface area contributed by atoms with Crippen LogP contribution < -0.4 is 10.2 Å². The minimum atomic E-state index is -0.0399. The first-order valence-corrected chi connectivity index (χ1v) is 10.8. The van der Waals surface area contributed by atoms with Gasteiger partial charge in [0.15, 0.2) is 5.11 Å². The van der Waals surface area contributed by atoms with Crippen molar-refractivity contribution in [3.8, 4) is 5.69 Å². The Morgan fingerprint density at radius 3 is 2.42 bits per heavy atom. The number of aryl methyl sites for hydroxylation is 2. The Hall–Kier alpha value is -3.44. The minimum absolute atomic E-state index is 0.00512. The fourth-order valence-electron chi connectivity index (χ4n) is 4.20. The van der Waals surface area contributed by atoms with Gasteiger partial charge in [-0.1, -0.05) is 30.3 Å². The summed E-state index contributed by atoms with van der Waals surface area (Å²) < 4.78 is 2.16. The van der Waals surface area contributed by atoms with E-state index in [0.717, 1.165) is 22.2 Å². The van der Waals surface area contributed by atoms with Gasteiger partial charge in [-0.25, -0.2) is 0 Å². The molecule has 1 aliphatic rings. The Labute approximate surface area is 188 Å². The third-order valence-electron chi connectivity index (χ3n) is 5.98. The van der Waals surface area contributed by atoms with Gasteiger partial charge in [-0.2, -0.15) is 0 Å². The quantitative estimate of drug-likeness (QED) is 0.428. The molecule has 0 aliphatic carbocycles. The maximum atomic E-state index is 5.83. The number of rotatable bonds is 4. The second-order valence-electron chi connectivity index (χ2n) is 7.95. The van der Waals surface area contributed by atoms with Crippen molar-refractivity contribution >= 4 is 23.0 Å². The Bertz CT molecular complexity index is 1220. The maximum Gasteiger partial charge on any atom is 0.174 e. The Morgan fingerprint density at radius 2 is 1.68 bits per heavy atom. The van der Waals surface area contributed by atoms with Crippen LogP contribution in [0.15, 0.2) is 91.4 Å². The van der Waals surface area contributed by atoms with Gasteiger partial charge in [-0.05, 0) is 85.2 Å². The highest BCUT2D eigenvalue weighted by Crippen LogP contribution is 2.42. The van der Waals surface area contributed by atoms with E-state index < -0.39 is 0 Å². The smallest absolute Gasteiger partial charge is 0.174 e. The van der Waals surface area contributed by atoms with E-state index in [9.17, 15) is 0 Å². The summed E-state index contributed by atoms with van der Waals surface area (Å²) in [6.45, 7) is 4.27. The van der Waals surface area contributed by atoms with E-state index in [4.69, 9.17) is 12.2 Å². The number of nitrogens with zero attached hydrogens (tertiary/aromatic N) is 3. The van der Waals surface area contributed by atoms with Crippen molar-refractivity contribution in [3.05, 3.63) is 114 Å². The molecule has 4 nitrogen and oxygen atoms in total. The molecular weight excluding hydrogens is 400 g/mol. The zero-order valence-electron chi connectivity index (χ0n) is 17.6. The average molecular weight is 425 g/mol. The molecule has 1 N–H and O–H groups in total. The van der Waals surface area contributed by atoms with Gasteiger partial charge in [0.05, 0.1) is 17.8 Å². The molecule has 31 heavy (non-hydrogen) atoms. The highest BCUT2D eigenvalue weighted by molar-refractivity contribution is 7.80. The first-order chi connectivity index (χ1) is 15.1. The molecule has 0 radical (unpaired) electrons. The molecule has 0 bridgehead atoms. The third kappa shape index (κ3) is 3.62. The van der Waals surface area contributed by atoms with Crippen LogP contribution >= 0.6 is 12.2 Å². The van der Waals surface area contributed by atoms with E-state index in [1.54, 1.807) is 0 Å². The van der Waals surface area contributed by atoms with E-state index in [-0.39, 0.29) is 12.1 Å². The lowest BCUT2D eigenvalue weighted by molar-refractivity contribution is 0.568. The molecule has 2 aromatic heterocycles. The highest BCUT2D eigenvalue weighted by atomic mass is 32.1. The van der Waals surface area contributed by atoms with Crippen LogP contribution in [-0.4, -0.2) is 14.7 Å².